The molecular weight excluding hydrogens is 241 g/mol. The highest BCUT2D eigenvalue weighted by atomic mass is 19.1. The van der Waals surface area contributed by atoms with Crippen LogP contribution in [0.3, 0.4) is 0 Å². The third kappa shape index (κ3) is 1.99. The van der Waals surface area contributed by atoms with E-state index in [0.717, 1.165) is 5.56 Å². The summed E-state index contributed by atoms with van der Waals surface area (Å²) in [5.74, 6) is 0.436. The largest absolute Gasteiger partial charge is 0.370 e. The lowest BCUT2D eigenvalue weighted by atomic mass is 9.89. The molecule has 0 saturated heterocycles. The van der Waals surface area contributed by atoms with Crippen LogP contribution in [0.15, 0.2) is 29.3 Å². The van der Waals surface area contributed by atoms with Crippen molar-refractivity contribution in [2.45, 2.75) is 44.2 Å². The van der Waals surface area contributed by atoms with Crippen LogP contribution in [0.5, 0.6) is 0 Å². The van der Waals surface area contributed by atoms with E-state index in [4.69, 9.17) is 5.73 Å². The SMILES string of the molecule is CC1(c2ccc(F)cc2)CN=C(N)N1C1CCCC1. The normalized spacial score (nSPS) is 27.9. The van der Waals surface area contributed by atoms with E-state index in [1.807, 2.05) is 12.1 Å². The number of nitrogens with zero attached hydrogens (tertiary/aromatic N) is 2. The summed E-state index contributed by atoms with van der Waals surface area (Å²) in [5, 5.41) is 0. The fourth-order valence-electron chi connectivity index (χ4n) is 3.43. The molecule has 3 nitrogen and oxygen atoms in total. The number of benzene rings is 1. The van der Waals surface area contributed by atoms with E-state index < -0.39 is 0 Å². The lowest BCUT2D eigenvalue weighted by molar-refractivity contribution is 0.167. The maximum Gasteiger partial charge on any atom is 0.192 e. The Morgan fingerprint density at radius 3 is 2.53 bits per heavy atom. The molecule has 19 heavy (non-hydrogen) atoms. The zero-order valence-electron chi connectivity index (χ0n) is 11.3. The van der Waals surface area contributed by atoms with Gasteiger partial charge in [-0.1, -0.05) is 25.0 Å². The van der Waals surface area contributed by atoms with Crippen LogP contribution in [-0.2, 0) is 5.54 Å². The predicted molar refractivity (Wildman–Crippen MR) is 74.3 cm³/mol. The number of hydrogen-bond acceptors (Lipinski definition) is 3. The molecule has 1 saturated carbocycles. The van der Waals surface area contributed by atoms with Crippen LogP contribution in [0.4, 0.5) is 4.39 Å². The van der Waals surface area contributed by atoms with Crippen LogP contribution in [0.2, 0.25) is 0 Å². The van der Waals surface area contributed by atoms with E-state index in [2.05, 4.69) is 16.8 Å². The van der Waals surface area contributed by atoms with Crippen LogP contribution in [0.25, 0.3) is 0 Å². The molecule has 0 amide bonds. The summed E-state index contributed by atoms with van der Waals surface area (Å²) >= 11 is 0. The molecule has 0 radical (unpaired) electrons. The Hall–Kier alpha value is -1.58. The van der Waals surface area contributed by atoms with Crippen molar-refractivity contribution < 1.29 is 4.39 Å². The zero-order chi connectivity index (χ0) is 13.5. The zero-order valence-corrected chi connectivity index (χ0v) is 11.3. The third-order valence-electron chi connectivity index (χ3n) is 4.48. The van der Waals surface area contributed by atoms with Crippen molar-refractivity contribution in [1.29, 1.82) is 0 Å². The van der Waals surface area contributed by atoms with Gasteiger partial charge in [0.1, 0.15) is 5.82 Å². The van der Waals surface area contributed by atoms with Crippen LogP contribution in [-0.4, -0.2) is 23.4 Å². The van der Waals surface area contributed by atoms with E-state index in [1.165, 1.54) is 37.8 Å². The Balaban J connectivity index is 1.95. The first-order chi connectivity index (χ1) is 9.11. The monoisotopic (exact) mass is 261 g/mol. The Kier molecular flexibility index (Phi) is 2.96. The van der Waals surface area contributed by atoms with Gasteiger partial charge in [0, 0.05) is 6.04 Å². The molecular formula is C15H20FN3. The minimum absolute atomic E-state index is 0.202. The highest BCUT2D eigenvalue weighted by Gasteiger charge is 2.43. The summed E-state index contributed by atoms with van der Waals surface area (Å²) in [7, 11) is 0. The van der Waals surface area contributed by atoms with Crippen molar-refractivity contribution in [2.75, 3.05) is 6.54 Å². The molecule has 102 valence electrons. The Bertz CT molecular complexity index is 491. The van der Waals surface area contributed by atoms with Gasteiger partial charge in [-0.2, -0.15) is 0 Å². The first-order valence-corrected chi connectivity index (χ1v) is 6.96. The Morgan fingerprint density at radius 1 is 1.26 bits per heavy atom. The molecule has 1 heterocycles. The predicted octanol–water partition coefficient (Wildman–Crippen LogP) is 2.61. The highest BCUT2D eigenvalue weighted by molar-refractivity contribution is 5.81. The first-order valence-electron chi connectivity index (χ1n) is 6.96. The molecule has 1 aliphatic heterocycles. The van der Waals surface area contributed by atoms with E-state index in [0.29, 0.717) is 18.5 Å². The molecule has 1 aromatic carbocycles. The second-order valence-electron chi connectivity index (χ2n) is 5.76. The van der Waals surface area contributed by atoms with Crippen molar-refractivity contribution in [2.24, 2.45) is 10.7 Å². The number of halogens is 1. The van der Waals surface area contributed by atoms with Crippen LogP contribution in [0, 0.1) is 5.82 Å². The van der Waals surface area contributed by atoms with Crippen LogP contribution < -0.4 is 5.73 Å². The van der Waals surface area contributed by atoms with Gasteiger partial charge in [0.2, 0.25) is 0 Å². The molecule has 1 aliphatic carbocycles. The number of guanidine groups is 1. The third-order valence-corrected chi connectivity index (χ3v) is 4.48. The summed E-state index contributed by atoms with van der Waals surface area (Å²) in [4.78, 5) is 6.70. The van der Waals surface area contributed by atoms with Crippen molar-refractivity contribution in [1.82, 2.24) is 4.90 Å². The second-order valence-corrected chi connectivity index (χ2v) is 5.76. The molecule has 4 heteroatoms. The van der Waals surface area contributed by atoms with Gasteiger partial charge >= 0.3 is 0 Å². The van der Waals surface area contributed by atoms with Gasteiger partial charge in [-0.3, -0.25) is 4.99 Å². The van der Waals surface area contributed by atoms with Crippen molar-refractivity contribution >= 4 is 5.96 Å². The lowest BCUT2D eigenvalue weighted by Crippen LogP contribution is -2.52. The van der Waals surface area contributed by atoms with Crippen LogP contribution in [0.1, 0.15) is 38.2 Å². The number of hydrogen-bond donors (Lipinski definition) is 1. The average molecular weight is 261 g/mol. The van der Waals surface area contributed by atoms with E-state index in [1.54, 1.807) is 0 Å². The first kappa shape index (κ1) is 12.5. The minimum atomic E-state index is -0.229. The summed E-state index contributed by atoms with van der Waals surface area (Å²) in [6.07, 6.45) is 4.86. The maximum absolute atomic E-state index is 13.1. The van der Waals surface area contributed by atoms with Gasteiger partial charge in [-0.15, -0.1) is 0 Å². The van der Waals surface area contributed by atoms with Crippen molar-refractivity contribution in [3.8, 4) is 0 Å². The standard InChI is InChI=1S/C15H20FN3/c1-15(11-6-8-12(16)9-7-11)10-18-14(17)19(15)13-4-2-3-5-13/h6-9,13H,2-5,10H2,1H3,(H2,17,18). The number of aliphatic imine (C=N–C) groups is 1. The lowest BCUT2D eigenvalue weighted by Gasteiger charge is -2.41. The van der Waals surface area contributed by atoms with E-state index in [-0.39, 0.29) is 11.4 Å². The summed E-state index contributed by atoms with van der Waals surface area (Å²) < 4.78 is 13.1. The summed E-state index contributed by atoms with van der Waals surface area (Å²) in [6, 6.07) is 7.21. The van der Waals surface area contributed by atoms with Gasteiger partial charge in [0.25, 0.3) is 0 Å². The van der Waals surface area contributed by atoms with Crippen LogP contribution >= 0.6 is 0 Å². The maximum atomic E-state index is 13.1. The van der Waals surface area contributed by atoms with E-state index in [9.17, 15) is 4.39 Å². The van der Waals surface area contributed by atoms with Gasteiger partial charge in [-0.25, -0.2) is 4.39 Å². The fraction of sp³-hybridized carbons (Fsp3) is 0.533. The number of rotatable bonds is 2. The van der Waals surface area contributed by atoms with Gasteiger partial charge in [-0.05, 0) is 37.5 Å². The van der Waals surface area contributed by atoms with Crippen molar-refractivity contribution in [3.63, 3.8) is 0 Å². The summed E-state index contributed by atoms with van der Waals surface area (Å²) in [5.41, 5.74) is 6.96. The number of nitrogens with two attached hydrogens (primary N) is 1. The summed E-state index contributed by atoms with van der Waals surface area (Å²) in [6.45, 7) is 2.81. The topological polar surface area (TPSA) is 41.6 Å². The quantitative estimate of drug-likeness (QED) is 0.889. The molecule has 2 aliphatic rings. The molecule has 0 spiro atoms. The molecule has 1 atom stereocenters. The molecule has 0 aromatic heterocycles. The molecule has 1 aromatic rings. The molecule has 1 fully saturated rings. The molecule has 0 bridgehead atoms. The highest BCUT2D eigenvalue weighted by Crippen LogP contribution is 2.38. The van der Waals surface area contributed by atoms with Crippen molar-refractivity contribution in [3.05, 3.63) is 35.6 Å². The average Bonchev–Trinajstić information content (AvgIpc) is 2.99. The second kappa shape index (κ2) is 4.51. The van der Waals surface area contributed by atoms with Gasteiger partial charge in [0.15, 0.2) is 5.96 Å². The Labute approximate surface area is 113 Å². The smallest absolute Gasteiger partial charge is 0.192 e. The molecule has 2 N–H and O–H groups in total. The molecule has 3 rings (SSSR count). The Morgan fingerprint density at radius 2 is 1.89 bits per heavy atom. The fourth-order valence-corrected chi connectivity index (χ4v) is 3.43. The molecule has 1 unspecified atom stereocenters. The minimum Gasteiger partial charge on any atom is -0.370 e. The van der Waals surface area contributed by atoms with E-state index >= 15 is 0 Å². The van der Waals surface area contributed by atoms with Gasteiger partial charge < -0.3 is 10.6 Å². The van der Waals surface area contributed by atoms with Gasteiger partial charge in [0.05, 0.1) is 12.1 Å².